The van der Waals surface area contributed by atoms with Crippen LogP contribution in [0.25, 0.3) is 0 Å². The molecule has 0 saturated carbocycles. The van der Waals surface area contributed by atoms with Crippen LogP contribution in [0.1, 0.15) is 60.3 Å². The van der Waals surface area contributed by atoms with Gasteiger partial charge in [-0.3, -0.25) is 9.98 Å². The van der Waals surface area contributed by atoms with Gasteiger partial charge in [0, 0.05) is 24.9 Å². The Bertz CT molecular complexity index is 690. The van der Waals surface area contributed by atoms with Crippen molar-refractivity contribution < 1.29 is 4.39 Å². The number of thioether (sulfide) groups is 1. The minimum absolute atomic E-state index is 0.369. The minimum Gasteiger partial charge on any atom is -0.332 e. The van der Waals surface area contributed by atoms with Crippen molar-refractivity contribution in [3.63, 3.8) is 0 Å². The summed E-state index contributed by atoms with van der Waals surface area (Å²) in [6, 6.07) is 0. The molecule has 0 radical (unpaired) electrons. The second-order valence-corrected chi connectivity index (χ2v) is 9.18. The van der Waals surface area contributed by atoms with Crippen LogP contribution in [0.5, 0.6) is 0 Å². The highest BCUT2D eigenvalue weighted by atomic mass is 32.2. The van der Waals surface area contributed by atoms with Gasteiger partial charge in [0.15, 0.2) is 0 Å². The van der Waals surface area contributed by atoms with Gasteiger partial charge in [-0.25, -0.2) is 4.39 Å². The molecule has 4 unspecified atom stereocenters. The molecule has 0 aliphatic carbocycles. The maximum Gasteiger partial charge on any atom is 0.117 e. The third-order valence-electron chi connectivity index (χ3n) is 5.91. The van der Waals surface area contributed by atoms with Crippen LogP contribution in [0.3, 0.4) is 0 Å². The molecule has 0 aromatic heterocycles. The van der Waals surface area contributed by atoms with Gasteiger partial charge in [0.25, 0.3) is 0 Å². The molecule has 3 nitrogen and oxygen atoms in total. The standard InChI is InChI=1S/C24H38FN3S/c1-7-13-29-23(17(4)8-2)24-27-15-20(21(26-6)12-10-11-18(5)25)22-14-19(9-3)16-28(22)24/h7,10,12-13,17-19,23H,8-9,11,14-16H2,1-6H3/b12-10-,13-7-,26-21?. The van der Waals surface area contributed by atoms with Crippen molar-refractivity contribution in [3.8, 4) is 0 Å². The highest BCUT2D eigenvalue weighted by molar-refractivity contribution is 8.03. The quantitative estimate of drug-likeness (QED) is 0.381. The van der Waals surface area contributed by atoms with Crippen molar-refractivity contribution in [2.45, 2.75) is 71.7 Å². The van der Waals surface area contributed by atoms with E-state index in [1.807, 2.05) is 31.0 Å². The average molecular weight is 420 g/mol. The molecule has 0 bridgehead atoms. The fraction of sp³-hybridized carbons (Fsp3) is 0.667. The van der Waals surface area contributed by atoms with E-state index in [-0.39, 0.29) is 0 Å². The number of allylic oxidation sites excluding steroid dienone is 4. The summed E-state index contributed by atoms with van der Waals surface area (Å²) in [6.07, 6.45) is 8.99. The highest BCUT2D eigenvalue weighted by Crippen LogP contribution is 2.38. The molecule has 0 aromatic carbocycles. The van der Waals surface area contributed by atoms with E-state index in [2.05, 4.69) is 49.1 Å². The topological polar surface area (TPSA) is 28.0 Å². The zero-order valence-corrected chi connectivity index (χ0v) is 19.8. The molecule has 0 N–H and O–H groups in total. The van der Waals surface area contributed by atoms with Crippen molar-refractivity contribution >= 4 is 23.3 Å². The number of aliphatic imine (C=N–C) groups is 2. The first kappa shape index (κ1) is 23.9. The molecule has 0 aromatic rings. The first-order valence-electron chi connectivity index (χ1n) is 11.0. The van der Waals surface area contributed by atoms with Crippen LogP contribution in [0.15, 0.2) is 44.9 Å². The summed E-state index contributed by atoms with van der Waals surface area (Å²) in [6.45, 7) is 12.2. The lowest BCUT2D eigenvalue weighted by Crippen LogP contribution is -2.41. The van der Waals surface area contributed by atoms with Gasteiger partial charge in [-0.15, -0.1) is 11.8 Å². The van der Waals surface area contributed by atoms with Crippen molar-refractivity contribution in [2.24, 2.45) is 21.8 Å². The molecule has 0 spiro atoms. The second kappa shape index (κ2) is 11.7. The van der Waals surface area contributed by atoms with Gasteiger partial charge < -0.3 is 4.90 Å². The largest absolute Gasteiger partial charge is 0.332 e. The number of hydrogen-bond acceptors (Lipinski definition) is 4. The van der Waals surface area contributed by atoms with Crippen LogP contribution in [0.4, 0.5) is 4.39 Å². The number of halogens is 1. The SMILES string of the molecule is C/C=C\SC(C1=NCC(C(/C=C\CC(C)F)=NC)=C2CC(CC)CN12)C(C)CC. The molecule has 2 aliphatic heterocycles. The molecule has 1 saturated heterocycles. The van der Waals surface area contributed by atoms with Crippen LogP contribution in [-0.2, 0) is 0 Å². The number of alkyl halides is 1. The Morgan fingerprint density at radius 3 is 2.72 bits per heavy atom. The summed E-state index contributed by atoms with van der Waals surface area (Å²) in [7, 11) is 1.83. The van der Waals surface area contributed by atoms with E-state index in [1.165, 1.54) is 23.5 Å². The Kier molecular flexibility index (Phi) is 9.67. The monoisotopic (exact) mass is 419 g/mol. The van der Waals surface area contributed by atoms with Crippen LogP contribution >= 0.6 is 11.8 Å². The molecule has 0 amide bonds. The number of fused-ring (bicyclic) bond motifs is 1. The summed E-state index contributed by atoms with van der Waals surface area (Å²) >= 11 is 1.89. The third-order valence-corrected chi connectivity index (χ3v) is 7.31. The van der Waals surface area contributed by atoms with Gasteiger partial charge in [-0.1, -0.05) is 45.8 Å². The van der Waals surface area contributed by atoms with E-state index < -0.39 is 6.17 Å². The molecule has 2 rings (SSSR count). The van der Waals surface area contributed by atoms with E-state index in [4.69, 9.17) is 4.99 Å². The van der Waals surface area contributed by atoms with Crippen LogP contribution < -0.4 is 0 Å². The van der Waals surface area contributed by atoms with Gasteiger partial charge in [-0.2, -0.15) is 0 Å². The Morgan fingerprint density at radius 2 is 2.14 bits per heavy atom. The molecule has 2 aliphatic rings. The first-order valence-corrected chi connectivity index (χ1v) is 12.0. The average Bonchev–Trinajstić information content (AvgIpc) is 3.16. The van der Waals surface area contributed by atoms with Crippen LogP contribution in [0, 0.1) is 11.8 Å². The zero-order valence-electron chi connectivity index (χ0n) is 19.0. The van der Waals surface area contributed by atoms with E-state index in [9.17, 15) is 4.39 Å². The normalized spacial score (nSPS) is 23.7. The first-order chi connectivity index (χ1) is 14.0. The third kappa shape index (κ3) is 6.07. The molecule has 29 heavy (non-hydrogen) atoms. The van der Waals surface area contributed by atoms with Gasteiger partial charge in [0.2, 0.25) is 0 Å². The molecule has 2 heterocycles. The lowest BCUT2D eigenvalue weighted by molar-refractivity contribution is 0.365. The van der Waals surface area contributed by atoms with Crippen molar-refractivity contribution in [2.75, 3.05) is 20.1 Å². The number of nitrogens with zero attached hydrogens (tertiary/aromatic N) is 3. The van der Waals surface area contributed by atoms with E-state index >= 15 is 0 Å². The second-order valence-electron chi connectivity index (χ2n) is 8.13. The Hall–Kier alpha value is -1.36. The summed E-state index contributed by atoms with van der Waals surface area (Å²) in [5.41, 5.74) is 3.55. The Morgan fingerprint density at radius 1 is 1.38 bits per heavy atom. The number of rotatable bonds is 10. The Labute approximate surface area is 181 Å². The minimum atomic E-state index is -0.828. The summed E-state index contributed by atoms with van der Waals surface area (Å²) in [5.74, 6) is 2.44. The molecular weight excluding hydrogens is 381 g/mol. The predicted octanol–water partition coefficient (Wildman–Crippen LogP) is 6.44. The molecular formula is C24H38FN3S. The van der Waals surface area contributed by atoms with Gasteiger partial charge in [0.1, 0.15) is 12.0 Å². The fourth-order valence-electron chi connectivity index (χ4n) is 3.92. The lowest BCUT2D eigenvalue weighted by atomic mass is 9.98. The van der Waals surface area contributed by atoms with Crippen molar-refractivity contribution in [1.29, 1.82) is 0 Å². The zero-order chi connectivity index (χ0) is 21.4. The van der Waals surface area contributed by atoms with Crippen LogP contribution in [0.2, 0.25) is 0 Å². The highest BCUT2D eigenvalue weighted by Gasteiger charge is 2.38. The van der Waals surface area contributed by atoms with Gasteiger partial charge in [0.05, 0.1) is 17.5 Å². The predicted molar refractivity (Wildman–Crippen MR) is 128 cm³/mol. The summed E-state index contributed by atoms with van der Waals surface area (Å²) in [5, 5.41) is 2.57. The maximum absolute atomic E-state index is 13.2. The number of hydrogen-bond donors (Lipinski definition) is 0. The number of amidine groups is 1. The van der Waals surface area contributed by atoms with E-state index in [1.54, 1.807) is 6.92 Å². The molecule has 5 heteroatoms. The molecule has 4 atom stereocenters. The molecule has 1 fully saturated rings. The van der Waals surface area contributed by atoms with Gasteiger partial charge >= 0.3 is 0 Å². The maximum atomic E-state index is 13.2. The van der Waals surface area contributed by atoms with Crippen LogP contribution in [-0.4, -0.2) is 48.0 Å². The smallest absolute Gasteiger partial charge is 0.117 e. The van der Waals surface area contributed by atoms with Gasteiger partial charge in [-0.05, 0) is 50.0 Å². The fourth-order valence-corrected chi connectivity index (χ4v) is 5.03. The van der Waals surface area contributed by atoms with E-state index in [0.717, 1.165) is 25.1 Å². The lowest BCUT2D eigenvalue weighted by Gasteiger charge is -2.35. The van der Waals surface area contributed by atoms with E-state index in [0.29, 0.717) is 30.1 Å². The Balaban J connectivity index is 2.37. The summed E-state index contributed by atoms with van der Waals surface area (Å²) in [4.78, 5) is 12.1. The van der Waals surface area contributed by atoms with Crippen molar-refractivity contribution in [3.05, 3.63) is 34.9 Å². The van der Waals surface area contributed by atoms with Crippen molar-refractivity contribution in [1.82, 2.24) is 4.90 Å². The molecule has 162 valence electrons. The summed E-state index contributed by atoms with van der Waals surface area (Å²) < 4.78 is 13.2.